The molecule has 72 valence electrons. The highest BCUT2D eigenvalue weighted by Crippen LogP contribution is 2.43. The van der Waals surface area contributed by atoms with Crippen molar-refractivity contribution in [1.29, 1.82) is 0 Å². The highest BCUT2D eigenvalue weighted by atomic mass is 31.1. The molecule has 12 heavy (non-hydrogen) atoms. The van der Waals surface area contributed by atoms with Crippen molar-refractivity contribution in [3.63, 3.8) is 0 Å². The van der Waals surface area contributed by atoms with Crippen molar-refractivity contribution in [2.24, 2.45) is 0 Å². The van der Waals surface area contributed by atoms with Crippen molar-refractivity contribution in [1.82, 2.24) is 0 Å². The monoisotopic (exact) mass is 193 g/mol. The fraction of sp³-hybridized carbons (Fsp3) is 1.00. The van der Waals surface area contributed by atoms with Crippen LogP contribution >= 0.6 is 7.92 Å². The summed E-state index contributed by atoms with van der Waals surface area (Å²) in [6, 6.07) is 0. The van der Waals surface area contributed by atoms with Gasteiger partial charge in [0.15, 0.2) is 0 Å². The van der Waals surface area contributed by atoms with Crippen LogP contribution in [0, 0.1) is 10.1 Å². The van der Waals surface area contributed by atoms with Crippen molar-refractivity contribution in [3.05, 3.63) is 10.1 Å². The van der Waals surface area contributed by atoms with E-state index in [1.807, 2.05) is 0 Å². The zero-order valence-corrected chi connectivity index (χ0v) is 8.30. The van der Waals surface area contributed by atoms with Crippen molar-refractivity contribution in [2.45, 2.75) is 26.2 Å². The molecule has 0 atom stereocenters. The first kappa shape index (κ1) is 11.6. The van der Waals surface area contributed by atoms with Crippen LogP contribution in [0.1, 0.15) is 26.2 Å². The van der Waals surface area contributed by atoms with E-state index in [4.69, 9.17) is 15.3 Å². The topological polar surface area (TPSA) is 63.4 Å². The average molecular weight is 193 g/mol. The Labute approximate surface area is 73.8 Å². The Morgan fingerprint density at radius 3 is 2.25 bits per heavy atom. The van der Waals surface area contributed by atoms with Crippen LogP contribution in [0.5, 0.6) is 0 Å². The third-order valence-corrected chi connectivity index (χ3v) is 4.72. The first-order valence-corrected chi connectivity index (χ1v) is 6.12. The molecule has 0 amide bonds. The minimum absolute atomic E-state index is 0.555. The summed E-state index contributed by atoms with van der Waals surface area (Å²) >= 11 is 0. The third kappa shape index (κ3) is 7.73. The van der Waals surface area contributed by atoms with Crippen LogP contribution < -0.4 is 0 Å². The summed E-state index contributed by atoms with van der Waals surface area (Å²) in [7, 11) is 0.555. The lowest BCUT2D eigenvalue weighted by Gasteiger charge is -2.04. The number of hydrogen-bond donors (Lipinski definition) is 1. The molecule has 0 bridgehead atoms. The van der Waals surface area contributed by atoms with E-state index >= 15 is 0 Å². The Morgan fingerprint density at radius 2 is 1.92 bits per heavy atom. The van der Waals surface area contributed by atoms with Gasteiger partial charge in [0.2, 0.25) is 0 Å². The van der Waals surface area contributed by atoms with Crippen molar-refractivity contribution in [2.75, 3.05) is 18.5 Å². The standard InChI is InChI=1S/C7H15P.HNO3/c1-2-5-8-6-3-4-7-8;2-1(3)4/h2-7H2,1H3;(H,2,3,4). The van der Waals surface area contributed by atoms with E-state index in [1.165, 1.54) is 19.3 Å². The largest absolute Gasteiger partial charge is 0.328 e. The van der Waals surface area contributed by atoms with E-state index in [1.54, 1.807) is 18.5 Å². The van der Waals surface area contributed by atoms with E-state index in [0.717, 1.165) is 0 Å². The Balaban J connectivity index is 0.000000261. The molecule has 0 aromatic rings. The third-order valence-electron chi connectivity index (χ3n) is 1.74. The Morgan fingerprint density at radius 1 is 1.50 bits per heavy atom. The van der Waals surface area contributed by atoms with Crippen LogP contribution in [0.4, 0.5) is 0 Å². The minimum atomic E-state index is -1.50. The van der Waals surface area contributed by atoms with Gasteiger partial charge in [0.05, 0.1) is 0 Å². The average Bonchev–Trinajstić information content (AvgIpc) is 2.39. The first-order chi connectivity index (χ1) is 5.66. The summed E-state index contributed by atoms with van der Waals surface area (Å²) in [5.74, 6) is 0. The van der Waals surface area contributed by atoms with Crippen LogP contribution in [0.2, 0.25) is 0 Å². The smallest absolute Gasteiger partial charge is 0.291 e. The van der Waals surface area contributed by atoms with Gasteiger partial charge in [-0.05, 0) is 31.3 Å². The predicted molar refractivity (Wildman–Crippen MR) is 49.8 cm³/mol. The van der Waals surface area contributed by atoms with Gasteiger partial charge in [-0.15, -0.1) is 18.0 Å². The second-order valence-corrected chi connectivity index (χ2v) is 5.47. The first-order valence-electron chi connectivity index (χ1n) is 4.22. The van der Waals surface area contributed by atoms with Gasteiger partial charge in [-0.1, -0.05) is 13.3 Å². The van der Waals surface area contributed by atoms with Gasteiger partial charge in [0.1, 0.15) is 0 Å². The molecule has 4 nitrogen and oxygen atoms in total. The summed E-state index contributed by atoms with van der Waals surface area (Å²) in [6.45, 7) is 2.31. The predicted octanol–water partition coefficient (Wildman–Crippen LogP) is 2.32. The fourth-order valence-corrected chi connectivity index (χ4v) is 3.97. The normalized spacial score (nSPS) is 16.8. The highest BCUT2D eigenvalue weighted by Gasteiger charge is 2.11. The van der Waals surface area contributed by atoms with E-state index in [9.17, 15) is 0 Å². The highest BCUT2D eigenvalue weighted by molar-refractivity contribution is 7.57. The van der Waals surface area contributed by atoms with Gasteiger partial charge < -0.3 is 5.21 Å². The molecule has 0 aromatic carbocycles. The van der Waals surface area contributed by atoms with Crippen molar-refractivity contribution >= 4 is 7.92 Å². The zero-order chi connectivity index (χ0) is 9.40. The summed E-state index contributed by atoms with van der Waals surface area (Å²) in [6.07, 6.45) is 9.21. The molecule has 0 unspecified atom stereocenters. The zero-order valence-electron chi connectivity index (χ0n) is 7.40. The Kier molecular flexibility index (Phi) is 7.06. The van der Waals surface area contributed by atoms with Gasteiger partial charge >= 0.3 is 0 Å². The molecule has 1 heterocycles. The molecule has 0 saturated carbocycles. The van der Waals surface area contributed by atoms with Gasteiger partial charge in [0, 0.05) is 0 Å². The van der Waals surface area contributed by atoms with Gasteiger partial charge in [-0.25, -0.2) is 0 Å². The van der Waals surface area contributed by atoms with E-state index < -0.39 is 5.09 Å². The van der Waals surface area contributed by atoms with Gasteiger partial charge in [0.25, 0.3) is 5.09 Å². The second-order valence-electron chi connectivity index (χ2n) is 2.79. The molecule has 5 heteroatoms. The second kappa shape index (κ2) is 7.29. The van der Waals surface area contributed by atoms with Gasteiger partial charge in [-0.3, -0.25) is 0 Å². The SMILES string of the molecule is CCCP1CCCC1.O=[N+]([O-])O. The lowest BCUT2D eigenvalue weighted by molar-refractivity contribution is -0.742. The van der Waals surface area contributed by atoms with Crippen LogP contribution in [0.15, 0.2) is 0 Å². The lowest BCUT2D eigenvalue weighted by atomic mass is 10.4. The maximum Gasteiger partial charge on any atom is 0.291 e. The molecule has 1 fully saturated rings. The molecule has 1 N–H and O–H groups in total. The summed E-state index contributed by atoms with van der Waals surface area (Å²) in [5.41, 5.74) is 0. The Hall–Kier alpha value is -0.370. The lowest BCUT2D eigenvalue weighted by Crippen LogP contribution is -1.81. The maximum atomic E-state index is 8.36. The van der Waals surface area contributed by atoms with Crippen LogP contribution in [-0.4, -0.2) is 28.8 Å². The van der Waals surface area contributed by atoms with Crippen LogP contribution in [0.25, 0.3) is 0 Å². The molecule has 0 radical (unpaired) electrons. The fourth-order valence-electron chi connectivity index (χ4n) is 1.32. The number of hydrogen-bond acceptors (Lipinski definition) is 2. The number of rotatable bonds is 2. The minimum Gasteiger partial charge on any atom is -0.328 e. The van der Waals surface area contributed by atoms with Gasteiger partial charge in [-0.2, -0.15) is 0 Å². The van der Waals surface area contributed by atoms with Crippen LogP contribution in [0.3, 0.4) is 0 Å². The summed E-state index contributed by atoms with van der Waals surface area (Å²) in [4.78, 5) is 8.36. The molecule has 1 aliphatic rings. The summed E-state index contributed by atoms with van der Waals surface area (Å²) < 4.78 is 0. The molecule has 1 rings (SSSR count). The molecule has 0 aromatic heterocycles. The quantitative estimate of drug-likeness (QED) is 0.416. The molecule has 1 aliphatic heterocycles. The van der Waals surface area contributed by atoms with Crippen LogP contribution in [-0.2, 0) is 0 Å². The number of nitrogens with zero attached hydrogens (tertiary/aromatic N) is 1. The van der Waals surface area contributed by atoms with Crippen molar-refractivity contribution in [3.8, 4) is 0 Å². The molecule has 0 aliphatic carbocycles. The Bertz CT molecular complexity index is 122. The molecule has 0 spiro atoms. The molecular formula is C7H16NO3P. The van der Waals surface area contributed by atoms with E-state index in [0.29, 0.717) is 7.92 Å². The molecule has 1 saturated heterocycles. The summed E-state index contributed by atoms with van der Waals surface area (Å²) in [5, 5.41) is 13.6. The maximum absolute atomic E-state index is 8.36. The van der Waals surface area contributed by atoms with E-state index in [-0.39, 0.29) is 0 Å². The molecular weight excluding hydrogens is 177 g/mol. The van der Waals surface area contributed by atoms with Crippen molar-refractivity contribution < 1.29 is 10.3 Å². The van der Waals surface area contributed by atoms with E-state index in [2.05, 4.69) is 6.92 Å².